The second-order valence-electron chi connectivity index (χ2n) is 2.39. The van der Waals surface area contributed by atoms with Crippen molar-refractivity contribution in [2.75, 3.05) is 0 Å². The van der Waals surface area contributed by atoms with Gasteiger partial charge in [0, 0.05) is 0 Å². The minimum atomic E-state index is -0.936. The molecule has 2 nitrogen and oxygen atoms in total. The van der Waals surface area contributed by atoms with Crippen LogP contribution in [0.4, 0.5) is 0 Å². The molecule has 1 aliphatic rings. The first-order valence-corrected chi connectivity index (χ1v) is 6.43. The Bertz CT molecular complexity index is 326. The number of nitrogens with zero attached hydrogens (tertiary/aromatic N) is 1. The molecule has 0 atom stereocenters. The molecule has 0 spiro atoms. The fraction of sp³-hybridized carbons (Fsp3) is 0.143. The molecule has 54 valence electrons. The Morgan fingerprint density at radius 1 is 1.64 bits per heavy atom. The predicted octanol–water partition coefficient (Wildman–Crippen LogP) is 0.147. The summed E-state index contributed by atoms with van der Waals surface area (Å²) in [7, 11) is 0. The van der Waals surface area contributed by atoms with E-state index in [1.165, 1.54) is 3.58 Å². The molecule has 0 N–H and O–H groups in total. The molecule has 1 aromatic heterocycles. The fourth-order valence-electron chi connectivity index (χ4n) is 1.08. The molecular formula is C7H4ClNOSn. The Balaban J connectivity index is 2.51. The van der Waals surface area contributed by atoms with Gasteiger partial charge < -0.3 is 0 Å². The zero-order chi connectivity index (χ0) is 7.84. The molecule has 0 aromatic carbocycles. The molecule has 0 saturated carbocycles. The molecule has 0 amide bonds. The van der Waals surface area contributed by atoms with Gasteiger partial charge in [-0.25, -0.2) is 0 Å². The molecule has 1 aromatic rings. The zero-order valence-corrected chi connectivity index (χ0v) is 9.21. The Kier molecular flexibility index (Phi) is 1.89. The van der Waals surface area contributed by atoms with Gasteiger partial charge >= 0.3 is 79.3 Å². The van der Waals surface area contributed by atoms with E-state index in [2.05, 4.69) is 4.98 Å². The van der Waals surface area contributed by atoms with Crippen LogP contribution in [-0.4, -0.2) is 29.9 Å². The first-order chi connectivity index (χ1) is 5.25. The van der Waals surface area contributed by atoms with Crippen LogP contribution in [-0.2, 0) is 11.2 Å². The fourth-order valence-corrected chi connectivity index (χ4v) is 4.65. The predicted molar refractivity (Wildman–Crippen MR) is 43.3 cm³/mol. The molecule has 2 rings (SSSR count). The molecule has 2 heterocycles. The topological polar surface area (TPSA) is 30.0 Å². The van der Waals surface area contributed by atoms with Gasteiger partial charge in [-0.3, -0.25) is 0 Å². The van der Waals surface area contributed by atoms with E-state index in [-0.39, 0.29) is 0 Å². The van der Waals surface area contributed by atoms with Crippen LogP contribution in [0.1, 0.15) is 5.56 Å². The Morgan fingerprint density at radius 2 is 2.45 bits per heavy atom. The molecule has 0 aliphatic carbocycles. The van der Waals surface area contributed by atoms with Crippen LogP contribution in [0.25, 0.3) is 0 Å². The first-order valence-electron chi connectivity index (χ1n) is 3.20. The Hall–Kier alpha value is -0.0913. The van der Waals surface area contributed by atoms with Gasteiger partial charge in [-0.15, -0.1) is 0 Å². The van der Waals surface area contributed by atoms with Gasteiger partial charge in [0.05, 0.1) is 0 Å². The molecule has 0 unspecified atom stereocenters. The summed E-state index contributed by atoms with van der Waals surface area (Å²) in [6, 6.07) is 1.84. The number of aromatic nitrogens is 1. The maximum atomic E-state index is 11.0. The minimum absolute atomic E-state index is 0.424. The summed E-state index contributed by atoms with van der Waals surface area (Å²) in [6.45, 7) is 0. The average Bonchev–Trinajstić information content (AvgIpc) is 2.27. The van der Waals surface area contributed by atoms with E-state index >= 15 is 0 Å². The number of carbonyl (C=O) groups excluding carboxylic acids is 1. The average molecular weight is 272 g/mol. The maximum absolute atomic E-state index is 11.0. The third kappa shape index (κ3) is 1.42. The van der Waals surface area contributed by atoms with Gasteiger partial charge in [0.2, 0.25) is 0 Å². The summed E-state index contributed by atoms with van der Waals surface area (Å²) >= 11 is 4.74. The van der Waals surface area contributed by atoms with Gasteiger partial charge in [-0.1, -0.05) is 0 Å². The molecule has 0 fully saturated rings. The summed E-state index contributed by atoms with van der Waals surface area (Å²) in [5.74, 6) is 0. The second kappa shape index (κ2) is 2.75. The van der Waals surface area contributed by atoms with Gasteiger partial charge in [0.1, 0.15) is 0 Å². The summed E-state index contributed by atoms with van der Waals surface area (Å²) < 4.78 is 1.63. The van der Waals surface area contributed by atoms with E-state index in [0.717, 1.165) is 5.56 Å². The second-order valence-corrected chi connectivity index (χ2v) is 6.62. The summed E-state index contributed by atoms with van der Waals surface area (Å²) in [6.07, 6.45) is 2.33. The van der Waals surface area contributed by atoms with E-state index in [4.69, 9.17) is 11.6 Å². The molecule has 0 bridgehead atoms. The van der Waals surface area contributed by atoms with Crippen molar-refractivity contribution in [3.63, 3.8) is 0 Å². The van der Waals surface area contributed by atoms with Crippen LogP contribution in [0.3, 0.4) is 0 Å². The van der Waals surface area contributed by atoms with E-state index in [9.17, 15) is 4.79 Å². The summed E-state index contributed by atoms with van der Waals surface area (Å²) in [5.41, 5.74) is 1.10. The van der Waals surface area contributed by atoms with Crippen LogP contribution >= 0.6 is 11.6 Å². The van der Waals surface area contributed by atoms with Crippen LogP contribution < -0.4 is 3.58 Å². The van der Waals surface area contributed by atoms with E-state index in [1.54, 1.807) is 6.20 Å². The summed E-state index contributed by atoms with van der Waals surface area (Å²) in [4.78, 5) is 14.9. The van der Waals surface area contributed by atoms with Gasteiger partial charge in [0.15, 0.2) is 0 Å². The zero-order valence-electron chi connectivity index (χ0n) is 5.60. The Morgan fingerprint density at radius 3 is 3.27 bits per heavy atom. The van der Waals surface area contributed by atoms with Crippen molar-refractivity contribution in [2.24, 2.45) is 0 Å². The standard InChI is InChI=1S/C7H4ClNO.Sn/c8-7-2-1-6(3-4-10)5-9-7;/h2,5H,3H2;. The quantitative estimate of drug-likeness (QED) is 0.497. The van der Waals surface area contributed by atoms with Crippen molar-refractivity contribution in [1.29, 1.82) is 0 Å². The van der Waals surface area contributed by atoms with Crippen LogP contribution in [0.2, 0.25) is 5.15 Å². The molecule has 4 heteroatoms. The third-order valence-corrected chi connectivity index (χ3v) is 5.18. The van der Waals surface area contributed by atoms with Crippen molar-refractivity contribution < 1.29 is 4.79 Å². The number of fused-ring (bicyclic) bond motifs is 1. The van der Waals surface area contributed by atoms with Crippen molar-refractivity contribution >= 4 is 40.1 Å². The van der Waals surface area contributed by atoms with Crippen LogP contribution in [0, 0.1) is 0 Å². The SMILES string of the molecule is O=[C]1Cc2cnc(Cl)c[c]2[Sn]1. The summed E-state index contributed by atoms with van der Waals surface area (Å²) in [5, 5.41) is 0.513. The third-order valence-electron chi connectivity index (χ3n) is 1.58. The van der Waals surface area contributed by atoms with Gasteiger partial charge in [0.25, 0.3) is 0 Å². The number of hydrogen-bond donors (Lipinski definition) is 0. The molecule has 1 aliphatic heterocycles. The van der Waals surface area contributed by atoms with Gasteiger partial charge in [-0.2, -0.15) is 0 Å². The number of rotatable bonds is 0. The number of carbonyl (C=O) groups is 1. The van der Waals surface area contributed by atoms with E-state index in [1.807, 2.05) is 6.07 Å². The van der Waals surface area contributed by atoms with Crippen molar-refractivity contribution in [3.05, 3.63) is 23.0 Å². The molecular weight excluding hydrogens is 268 g/mol. The molecule has 0 saturated heterocycles. The van der Waals surface area contributed by atoms with Crippen LogP contribution in [0.5, 0.6) is 0 Å². The monoisotopic (exact) mass is 273 g/mol. The number of pyridine rings is 1. The van der Waals surface area contributed by atoms with Crippen molar-refractivity contribution in [3.8, 4) is 0 Å². The Labute approximate surface area is 79.2 Å². The van der Waals surface area contributed by atoms with E-state index in [0.29, 0.717) is 15.4 Å². The molecule has 11 heavy (non-hydrogen) atoms. The van der Waals surface area contributed by atoms with E-state index < -0.39 is 21.1 Å². The number of halogens is 1. The number of hydrogen-bond acceptors (Lipinski definition) is 2. The van der Waals surface area contributed by atoms with Gasteiger partial charge in [-0.05, 0) is 0 Å². The van der Waals surface area contributed by atoms with Crippen molar-refractivity contribution in [2.45, 2.75) is 6.42 Å². The van der Waals surface area contributed by atoms with Crippen LogP contribution in [0.15, 0.2) is 12.3 Å². The normalized spacial score (nSPS) is 15.2. The van der Waals surface area contributed by atoms with Crippen molar-refractivity contribution in [1.82, 2.24) is 4.98 Å². The molecule has 2 radical (unpaired) electrons. The first kappa shape index (κ1) is 7.55.